The second kappa shape index (κ2) is 13.2. The Morgan fingerprint density at radius 3 is 1.41 bits per heavy atom. The maximum atomic E-state index is 7.25. The van der Waals surface area contributed by atoms with Crippen molar-refractivity contribution in [1.82, 2.24) is 0 Å². The second-order valence-electron chi connectivity index (χ2n) is 21.1. The highest BCUT2D eigenvalue weighted by Gasteiger charge is 2.54. The third kappa shape index (κ3) is 4.61. The van der Waals surface area contributed by atoms with Gasteiger partial charge in [0.25, 0.3) is 0 Å². The highest BCUT2D eigenvalue weighted by atomic mass is 32.1. The van der Waals surface area contributed by atoms with E-state index < -0.39 is 5.41 Å². The summed E-state index contributed by atoms with van der Waals surface area (Å²) in [5, 5.41) is 4.94. The minimum absolute atomic E-state index is 0.163. The number of nitrogens with zero attached hydrogens (tertiary/aromatic N) is 1. The monoisotopic (exact) mass is 911 g/mol. The maximum Gasteiger partial charge on any atom is 0.144 e. The molecule has 2 aromatic heterocycles. The number of fused-ring (bicyclic) bond motifs is 25. The summed E-state index contributed by atoms with van der Waals surface area (Å²) < 4.78 is 9.87. The van der Waals surface area contributed by atoms with Crippen molar-refractivity contribution in [2.24, 2.45) is 0 Å². The Balaban J connectivity index is 1.03. The van der Waals surface area contributed by atoms with Crippen molar-refractivity contribution in [2.45, 2.75) is 43.9 Å². The van der Waals surface area contributed by atoms with Gasteiger partial charge >= 0.3 is 0 Å². The summed E-state index contributed by atoms with van der Waals surface area (Å²) in [6.07, 6.45) is 0. The van der Waals surface area contributed by atoms with E-state index in [0.29, 0.717) is 0 Å². The number of hydrogen-bond acceptors (Lipinski definition) is 3. The van der Waals surface area contributed by atoms with Crippen molar-refractivity contribution >= 4 is 70.5 Å². The van der Waals surface area contributed by atoms with Gasteiger partial charge < -0.3 is 9.32 Å². The third-order valence-corrected chi connectivity index (χ3v) is 18.2. The van der Waals surface area contributed by atoms with Gasteiger partial charge in [0.1, 0.15) is 11.2 Å². The quantitative estimate of drug-likeness (QED) is 0.176. The van der Waals surface area contributed by atoms with Gasteiger partial charge in [-0.15, -0.1) is 11.3 Å². The normalized spacial score (nSPS) is 15.5. The number of furan rings is 1. The van der Waals surface area contributed by atoms with Crippen molar-refractivity contribution in [2.75, 3.05) is 4.90 Å². The fraction of sp³-hybridized carbons (Fsp3) is 0.104. The van der Waals surface area contributed by atoms with Crippen LogP contribution >= 0.6 is 11.3 Å². The fourth-order valence-corrected chi connectivity index (χ4v) is 15.3. The highest BCUT2D eigenvalue weighted by Crippen LogP contribution is 2.68. The van der Waals surface area contributed by atoms with Crippen molar-refractivity contribution in [3.05, 3.63) is 245 Å². The van der Waals surface area contributed by atoms with Gasteiger partial charge in [0, 0.05) is 70.0 Å². The summed E-state index contributed by atoms with van der Waals surface area (Å²) in [5.74, 6) is 0. The van der Waals surface area contributed by atoms with E-state index in [0.717, 1.165) is 33.6 Å². The van der Waals surface area contributed by atoms with Crippen molar-refractivity contribution in [1.29, 1.82) is 0 Å². The first kappa shape index (κ1) is 38.9. The van der Waals surface area contributed by atoms with Crippen molar-refractivity contribution in [3.8, 4) is 44.5 Å². The lowest BCUT2D eigenvalue weighted by Crippen LogP contribution is -2.26. The first-order valence-electron chi connectivity index (χ1n) is 24.7. The average molecular weight is 912 g/mol. The Morgan fingerprint density at radius 1 is 0.386 bits per heavy atom. The van der Waals surface area contributed by atoms with Crippen LogP contribution in [0.25, 0.3) is 86.6 Å². The van der Waals surface area contributed by atoms with E-state index in [1.54, 1.807) is 0 Å². The lowest BCUT2D eigenvalue weighted by Gasteiger charge is -2.33. The molecule has 70 heavy (non-hydrogen) atoms. The molecule has 0 N–H and O–H groups in total. The van der Waals surface area contributed by atoms with Crippen LogP contribution in [0.3, 0.4) is 0 Å². The Labute approximate surface area is 410 Å². The molecule has 4 aliphatic carbocycles. The van der Waals surface area contributed by atoms with Crippen molar-refractivity contribution < 1.29 is 4.42 Å². The van der Waals surface area contributed by atoms with E-state index in [1.165, 1.54) is 115 Å². The van der Waals surface area contributed by atoms with Crippen LogP contribution in [0.15, 0.2) is 205 Å². The molecule has 0 fully saturated rings. The summed E-state index contributed by atoms with van der Waals surface area (Å²) in [4.78, 5) is 2.55. The number of hydrogen-bond donors (Lipinski definition) is 0. The molecule has 0 amide bonds. The Morgan fingerprint density at radius 2 is 0.829 bits per heavy atom. The van der Waals surface area contributed by atoms with Gasteiger partial charge in [-0.1, -0.05) is 179 Å². The fourth-order valence-electron chi connectivity index (χ4n) is 14.0. The molecular formula is C67H45NOS. The number of para-hydroxylation sites is 1. The molecule has 2 heterocycles. The first-order chi connectivity index (χ1) is 34.2. The van der Waals surface area contributed by atoms with Gasteiger partial charge in [-0.2, -0.15) is 0 Å². The van der Waals surface area contributed by atoms with Crippen LogP contribution < -0.4 is 4.90 Å². The predicted molar refractivity (Wildman–Crippen MR) is 293 cm³/mol. The van der Waals surface area contributed by atoms with Gasteiger partial charge in [-0.25, -0.2) is 0 Å². The molecule has 0 bridgehead atoms. The summed E-state index contributed by atoms with van der Waals surface area (Å²) in [6, 6.07) is 75.8. The third-order valence-electron chi connectivity index (χ3n) is 17.1. The van der Waals surface area contributed by atoms with E-state index in [9.17, 15) is 0 Å². The molecule has 4 aliphatic rings. The van der Waals surface area contributed by atoms with Crippen LogP contribution in [-0.4, -0.2) is 0 Å². The summed E-state index contributed by atoms with van der Waals surface area (Å²) in [6.45, 7) is 9.55. The minimum atomic E-state index is -0.630. The molecule has 3 heteroatoms. The van der Waals surface area contributed by atoms with Crippen LogP contribution in [-0.2, 0) is 16.2 Å². The molecular weight excluding hydrogens is 867 g/mol. The Bertz CT molecular complexity index is 4180. The van der Waals surface area contributed by atoms with Gasteiger partial charge in [-0.3, -0.25) is 0 Å². The smallest absolute Gasteiger partial charge is 0.144 e. The first-order valence-corrected chi connectivity index (χ1v) is 25.5. The van der Waals surface area contributed by atoms with Gasteiger partial charge in [-0.05, 0) is 126 Å². The molecule has 0 radical (unpaired) electrons. The molecule has 0 atom stereocenters. The summed E-state index contributed by atoms with van der Waals surface area (Å²) >= 11 is 1.94. The molecule has 0 unspecified atom stereocenters. The molecule has 1 spiro atoms. The minimum Gasteiger partial charge on any atom is -0.455 e. The average Bonchev–Trinajstić information content (AvgIpc) is 4.21. The molecule has 0 saturated carbocycles. The van der Waals surface area contributed by atoms with Crippen LogP contribution in [0.5, 0.6) is 0 Å². The molecule has 12 aromatic rings. The zero-order chi connectivity index (χ0) is 46.4. The number of benzene rings is 10. The number of rotatable bonds is 3. The van der Waals surface area contributed by atoms with E-state index in [2.05, 4.69) is 233 Å². The zero-order valence-electron chi connectivity index (χ0n) is 39.3. The highest BCUT2D eigenvalue weighted by molar-refractivity contribution is 7.26. The molecule has 16 rings (SSSR count). The van der Waals surface area contributed by atoms with Gasteiger partial charge in [0.15, 0.2) is 0 Å². The van der Waals surface area contributed by atoms with E-state index in [1.807, 2.05) is 11.3 Å². The molecule has 0 aliphatic heterocycles. The molecule has 330 valence electrons. The maximum absolute atomic E-state index is 7.25. The van der Waals surface area contributed by atoms with Crippen LogP contribution in [0.2, 0.25) is 0 Å². The summed E-state index contributed by atoms with van der Waals surface area (Å²) in [7, 11) is 0. The zero-order valence-corrected chi connectivity index (χ0v) is 40.1. The van der Waals surface area contributed by atoms with E-state index >= 15 is 0 Å². The van der Waals surface area contributed by atoms with Crippen LogP contribution in [0.1, 0.15) is 72.2 Å². The van der Waals surface area contributed by atoms with E-state index in [-0.39, 0.29) is 10.8 Å². The lowest BCUT2D eigenvalue weighted by atomic mass is 9.70. The Hall–Kier alpha value is -7.98. The molecule has 2 nitrogen and oxygen atoms in total. The number of thiophene rings is 1. The topological polar surface area (TPSA) is 16.4 Å². The molecule has 10 aromatic carbocycles. The standard InChI is InChI=1S/C67H45NOS/c1-65(2)50-23-11-5-17-41(50)45-32-29-38(35-54(45)65)68(39-30-33-46-42-18-6-12-24-51(42)66(3,4)55(46)36-39)40-31-34-47-56(37-40)67(52-25-13-7-19-43(52)44-20-8-14-26-53(44)67)62-61(47)63-59(48-21-9-15-27-57(48)69-63)60-49-22-10-16-28-58(49)70-64(60)62/h5-37H,1-4H3. The SMILES string of the molecule is CC1(C)c2ccccc2-c2ccc(N(c3ccc4c(c3)C(C)(C)c3ccccc3-4)c3ccc4c(c3)C3(c5ccccc5-c5ccccc53)c3c-4c4oc5ccccc5c4c4c3sc3ccccc34)cc21. The summed E-state index contributed by atoms with van der Waals surface area (Å²) in [5.41, 5.74) is 25.4. The van der Waals surface area contributed by atoms with Crippen LogP contribution in [0.4, 0.5) is 17.1 Å². The largest absolute Gasteiger partial charge is 0.455 e. The van der Waals surface area contributed by atoms with Crippen molar-refractivity contribution in [3.63, 3.8) is 0 Å². The number of anilines is 3. The van der Waals surface area contributed by atoms with E-state index in [4.69, 9.17) is 4.42 Å². The molecule has 0 saturated heterocycles. The predicted octanol–water partition coefficient (Wildman–Crippen LogP) is 18.4. The van der Waals surface area contributed by atoms with Gasteiger partial charge in [0.05, 0.1) is 5.41 Å². The van der Waals surface area contributed by atoms with Gasteiger partial charge in [0.2, 0.25) is 0 Å². The second-order valence-corrected chi connectivity index (χ2v) is 22.1. The van der Waals surface area contributed by atoms with Crippen LogP contribution in [0, 0.1) is 0 Å². The lowest BCUT2D eigenvalue weighted by molar-refractivity contribution is 0.660. The Kier molecular flexibility index (Phi) is 7.34.